The van der Waals surface area contributed by atoms with Gasteiger partial charge in [0.2, 0.25) is 0 Å². The second-order valence-electron chi connectivity index (χ2n) is 5.40. The normalized spacial score (nSPS) is 19.9. The number of allylic oxidation sites excluding steroid dienone is 4. The molecule has 0 nitrogen and oxygen atoms in total. The summed E-state index contributed by atoms with van der Waals surface area (Å²) in [6.07, 6.45) is 7.03. The summed E-state index contributed by atoms with van der Waals surface area (Å²) in [5, 5.41) is 0. The van der Waals surface area contributed by atoms with Gasteiger partial charge in [-0.15, -0.1) is 0 Å². The van der Waals surface area contributed by atoms with Crippen LogP contribution in [0.2, 0.25) is 0 Å². The van der Waals surface area contributed by atoms with E-state index in [0.29, 0.717) is 0 Å². The van der Waals surface area contributed by atoms with Crippen molar-refractivity contribution in [2.45, 2.75) is 40.5 Å². The van der Waals surface area contributed by atoms with E-state index >= 15 is 0 Å². The average Bonchev–Trinajstić information content (AvgIpc) is 2.29. The molecule has 17 heavy (non-hydrogen) atoms. The van der Waals surface area contributed by atoms with Gasteiger partial charge in [0.1, 0.15) is 0 Å². The van der Waals surface area contributed by atoms with Crippen LogP contribution in [-0.2, 0) is 6.42 Å². The molecule has 0 radical (unpaired) electrons. The van der Waals surface area contributed by atoms with Gasteiger partial charge in [-0.2, -0.15) is 0 Å². The smallest absolute Gasteiger partial charge is 0.00288 e. The number of hydrogen-bond donors (Lipinski definition) is 0. The summed E-state index contributed by atoms with van der Waals surface area (Å²) in [5.74, 6) is 0.721. The molecule has 1 unspecified atom stereocenters. The Balaban J connectivity index is 2.14. The van der Waals surface area contributed by atoms with Crippen LogP contribution >= 0.6 is 0 Å². The molecule has 90 valence electrons. The molecule has 0 spiro atoms. The average molecular weight is 226 g/mol. The fourth-order valence-corrected chi connectivity index (χ4v) is 2.28. The summed E-state index contributed by atoms with van der Waals surface area (Å²) in [4.78, 5) is 0. The van der Waals surface area contributed by atoms with Crippen molar-refractivity contribution < 1.29 is 0 Å². The van der Waals surface area contributed by atoms with E-state index < -0.39 is 0 Å². The third-order valence-electron chi connectivity index (χ3n) is 3.90. The van der Waals surface area contributed by atoms with Gasteiger partial charge in [-0.3, -0.25) is 0 Å². The Bertz CT molecular complexity index is 475. The molecule has 0 saturated heterocycles. The minimum absolute atomic E-state index is 0.721. The highest BCUT2D eigenvalue weighted by Crippen LogP contribution is 2.25. The van der Waals surface area contributed by atoms with Gasteiger partial charge >= 0.3 is 0 Å². The summed E-state index contributed by atoms with van der Waals surface area (Å²) >= 11 is 0. The van der Waals surface area contributed by atoms with E-state index in [0.717, 1.165) is 12.3 Å². The van der Waals surface area contributed by atoms with Crippen LogP contribution in [0.5, 0.6) is 0 Å². The van der Waals surface area contributed by atoms with E-state index in [9.17, 15) is 0 Å². The van der Waals surface area contributed by atoms with Gasteiger partial charge in [0.25, 0.3) is 0 Å². The summed E-state index contributed by atoms with van der Waals surface area (Å²) in [7, 11) is 0. The molecule has 1 aliphatic rings. The SMILES string of the molecule is CC1=CC(Cc2ccc(C)c(C)c2)=CCC1C. The molecule has 2 rings (SSSR count). The standard InChI is InChI=1S/C17H22/c1-12-5-7-16(9-14(12)3)11-17-8-6-13(2)15(4)10-17/h5,7-10,13H,6,11H2,1-4H3. The Morgan fingerprint density at radius 2 is 1.88 bits per heavy atom. The predicted molar refractivity (Wildman–Crippen MR) is 75.2 cm³/mol. The molecule has 1 atom stereocenters. The number of benzene rings is 1. The first-order valence-electron chi connectivity index (χ1n) is 6.49. The first-order valence-corrected chi connectivity index (χ1v) is 6.49. The zero-order valence-corrected chi connectivity index (χ0v) is 11.4. The Kier molecular flexibility index (Phi) is 3.51. The maximum absolute atomic E-state index is 2.40. The van der Waals surface area contributed by atoms with Crippen molar-refractivity contribution in [3.8, 4) is 0 Å². The van der Waals surface area contributed by atoms with E-state index in [1.54, 1.807) is 0 Å². The highest BCUT2D eigenvalue weighted by atomic mass is 14.2. The van der Waals surface area contributed by atoms with E-state index in [1.165, 1.54) is 34.3 Å². The molecule has 1 aromatic rings. The quantitative estimate of drug-likeness (QED) is 0.682. The Hall–Kier alpha value is -1.30. The Morgan fingerprint density at radius 3 is 2.53 bits per heavy atom. The molecule has 0 heterocycles. The van der Waals surface area contributed by atoms with Gasteiger partial charge in [-0.05, 0) is 61.8 Å². The van der Waals surface area contributed by atoms with Gasteiger partial charge in [0, 0.05) is 0 Å². The monoisotopic (exact) mass is 226 g/mol. The van der Waals surface area contributed by atoms with Crippen LogP contribution in [-0.4, -0.2) is 0 Å². The topological polar surface area (TPSA) is 0 Å². The highest BCUT2D eigenvalue weighted by molar-refractivity contribution is 5.37. The lowest BCUT2D eigenvalue weighted by atomic mass is 9.88. The Labute approximate surface area is 105 Å². The highest BCUT2D eigenvalue weighted by Gasteiger charge is 2.10. The summed E-state index contributed by atoms with van der Waals surface area (Å²) in [6.45, 7) is 8.91. The van der Waals surface area contributed by atoms with Gasteiger partial charge in [-0.1, -0.05) is 42.8 Å². The molecule has 0 aliphatic heterocycles. The van der Waals surface area contributed by atoms with E-state index in [1.807, 2.05) is 0 Å². The first-order chi connectivity index (χ1) is 8.06. The minimum Gasteiger partial charge on any atom is -0.0804 e. The molecule has 0 saturated carbocycles. The lowest BCUT2D eigenvalue weighted by molar-refractivity contribution is 0.679. The fourth-order valence-electron chi connectivity index (χ4n) is 2.28. The van der Waals surface area contributed by atoms with Gasteiger partial charge in [0.05, 0.1) is 0 Å². The molecule has 0 aromatic heterocycles. The second kappa shape index (κ2) is 4.91. The third-order valence-corrected chi connectivity index (χ3v) is 3.90. The van der Waals surface area contributed by atoms with E-state index in [4.69, 9.17) is 0 Å². The molecule has 1 aliphatic carbocycles. The summed E-state index contributed by atoms with van der Waals surface area (Å²) < 4.78 is 0. The van der Waals surface area contributed by atoms with Crippen molar-refractivity contribution in [1.29, 1.82) is 0 Å². The largest absolute Gasteiger partial charge is 0.0804 e. The second-order valence-corrected chi connectivity index (χ2v) is 5.40. The summed E-state index contributed by atoms with van der Waals surface area (Å²) in [6, 6.07) is 6.80. The lowest BCUT2D eigenvalue weighted by Gasteiger charge is -2.17. The molecule has 0 bridgehead atoms. The minimum atomic E-state index is 0.721. The van der Waals surface area contributed by atoms with Crippen LogP contribution < -0.4 is 0 Å². The van der Waals surface area contributed by atoms with Crippen LogP contribution in [0.1, 0.15) is 37.0 Å². The van der Waals surface area contributed by atoms with Crippen LogP contribution in [0.25, 0.3) is 0 Å². The maximum atomic E-state index is 2.40. The van der Waals surface area contributed by atoms with Crippen molar-refractivity contribution >= 4 is 0 Å². The van der Waals surface area contributed by atoms with Crippen LogP contribution in [0, 0.1) is 19.8 Å². The molecular formula is C17H22. The maximum Gasteiger partial charge on any atom is -0.00288 e. The summed E-state index contributed by atoms with van der Waals surface area (Å²) in [5.41, 5.74) is 7.20. The first kappa shape index (κ1) is 12.2. The predicted octanol–water partition coefficient (Wildman–Crippen LogP) is 4.76. The zero-order chi connectivity index (χ0) is 12.4. The molecule has 0 fully saturated rings. The van der Waals surface area contributed by atoms with Crippen molar-refractivity contribution in [3.63, 3.8) is 0 Å². The van der Waals surface area contributed by atoms with Gasteiger partial charge in [-0.25, -0.2) is 0 Å². The van der Waals surface area contributed by atoms with Gasteiger partial charge in [0.15, 0.2) is 0 Å². The Morgan fingerprint density at radius 1 is 1.12 bits per heavy atom. The molecule has 1 aromatic carbocycles. The molecule has 0 N–H and O–H groups in total. The number of aryl methyl sites for hydroxylation is 2. The zero-order valence-electron chi connectivity index (χ0n) is 11.4. The fraction of sp³-hybridized carbons (Fsp3) is 0.412. The molecular weight excluding hydrogens is 204 g/mol. The van der Waals surface area contributed by atoms with Crippen molar-refractivity contribution in [1.82, 2.24) is 0 Å². The van der Waals surface area contributed by atoms with Crippen molar-refractivity contribution in [3.05, 3.63) is 58.2 Å². The molecule has 0 heteroatoms. The number of hydrogen-bond acceptors (Lipinski definition) is 0. The van der Waals surface area contributed by atoms with E-state index in [-0.39, 0.29) is 0 Å². The lowest BCUT2D eigenvalue weighted by Crippen LogP contribution is -2.02. The molecule has 0 amide bonds. The van der Waals surface area contributed by atoms with Crippen LogP contribution in [0.15, 0.2) is 41.5 Å². The van der Waals surface area contributed by atoms with Gasteiger partial charge < -0.3 is 0 Å². The van der Waals surface area contributed by atoms with Crippen molar-refractivity contribution in [2.75, 3.05) is 0 Å². The third kappa shape index (κ3) is 2.88. The van der Waals surface area contributed by atoms with E-state index in [2.05, 4.69) is 58.0 Å². The number of rotatable bonds is 2. The van der Waals surface area contributed by atoms with Crippen LogP contribution in [0.3, 0.4) is 0 Å². The van der Waals surface area contributed by atoms with Crippen molar-refractivity contribution in [2.24, 2.45) is 5.92 Å². The van der Waals surface area contributed by atoms with Crippen LogP contribution in [0.4, 0.5) is 0 Å².